The maximum atomic E-state index is 12.7. The molecule has 1 aromatic rings. The van der Waals surface area contributed by atoms with Crippen molar-refractivity contribution in [1.82, 2.24) is 10.1 Å². The molecule has 0 spiro atoms. The average Bonchev–Trinajstić information content (AvgIpc) is 2.71. The number of carboxylic acid groups (broad SMARTS) is 1. The minimum Gasteiger partial charge on any atom is -0.481 e. The third kappa shape index (κ3) is 4.08. The highest BCUT2D eigenvalue weighted by Gasteiger charge is 2.27. The number of fused-ring (bicyclic) bond motifs is 1. The molecule has 0 radical (unpaired) electrons. The van der Waals surface area contributed by atoms with Crippen molar-refractivity contribution < 1.29 is 19.2 Å². The van der Waals surface area contributed by atoms with Crippen molar-refractivity contribution in [3.63, 3.8) is 0 Å². The lowest BCUT2D eigenvalue weighted by molar-refractivity contribution is -0.137. The number of carboxylic acids is 1. The van der Waals surface area contributed by atoms with E-state index in [0.717, 1.165) is 43.4 Å². The van der Waals surface area contributed by atoms with Gasteiger partial charge in [-0.2, -0.15) is 0 Å². The van der Waals surface area contributed by atoms with E-state index in [1.807, 2.05) is 13.8 Å². The molecular weight excluding hydrogens is 284 g/mol. The van der Waals surface area contributed by atoms with E-state index in [1.165, 1.54) is 0 Å². The van der Waals surface area contributed by atoms with Gasteiger partial charge in [0, 0.05) is 25.1 Å². The molecule has 6 heteroatoms. The number of hydrogen-bond acceptors (Lipinski definition) is 4. The van der Waals surface area contributed by atoms with Crippen LogP contribution in [0, 0.1) is 5.92 Å². The first-order valence-corrected chi connectivity index (χ1v) is 7.97. The summed E-state index contributed by atoms with van der Waals surface area (Å²) in [7, 11) is 0. The molecule has 0 aliphatic heterocycles. The van der Waals surface area contributed by atoms with Crippen molar-refractivity contribution in [3.05, 3.63) is 17.0 Å². The van der Waals surface area contributed by atoms with Crippen LogP contribution in [-0.2, 0) is 17.6 Å². The Kier molecular flexibility index (Phi) is 5.57. The number of amides is 1. The zero-order chi connectivity index (χ0) is 16.1. The van der Waals surface area contributed by atoms with Gasteiger partial charge < -0.3 is 14.5 Å². The predicted molar refractivity (Wildman–Crippen MR) is 80.8 cm³/mol. The van der Waals surface area contributed by atoms with Gasteiger partial charge in [0.15, 0.2) is 5.69 Å². The van der Waals surface area contributed by atoms with Crippen LogP contribution in [0.15, 0.2) is 4.52 Å². The lowest BCUT2D eigenvalue weighted by Gasteiger charge is -2.23. The molecule has 1 aromatic heterocycles. The van der Waals surface area contributed by atoms with Crippen molar-refractivity contribution in [2.75, 3.05) is 13.1 Å². The summed E-state index contributed by atoms with van der Waals surface area (Å²) in [6.45, 7) is 4.73. The summed E-state index contributed by atoms with van der Waals surface area (Å²) in [5.74, 6) is -0.0192. The zero-order valence-electron chi connectivity index (χ0n) is 13.3. The van der Waals surface area contributed by atoms with Crippen LogP contribution in [0.25, 0.3) is 0 Å². The van der Waals surface area contributed by atoms with Gasteiger partial charge in [-0.15, -0.1) is 0 Å². The molecule has 0 bridgehead atoms. The summed E-state index contributed by atoms with van der Waals surface area (Å²) >= 11 is 0. The molecule has 1 heterocycles. The number of rotatable bonds is 6. The van der Waals surface area contributed by atoms with Crippen LogP contribution in [0.3, 0.4) is 0 Å². The topological polar surface area (TPSA) is 83.6 Å². The van der Waals surface area contributed by atoms with Crippen LogP contribution in [-0.4, -0.2) is 40.1 Å². The van der Waals surface area contributed by atoms with Crippen molar-refractivity contribution >= 4 is 11.9 Å². The Morgan fingerprint density at radius 3 is 2.68 bits per heavy atom. The van der Waals surface area contributed by atoms with Gasteiger partial charge in [-0.1, -0.05) is 25.4 Å². The maximum Gasteiger partial charge on any atom is 0.305 e. The van der Waals surface area contributed by atoms with Crippen molar-refractivity contribution in [3.8, 4) is 0 Å². The number of nitrogens with zero attached hydrogens (tertiary/aromatic N) is 2. The molecule has 6 nitrogen and oxygen atoms in total. The lowest BCUT2D eigenvalue weighted by atomic mass is 10.1. The van der Waals surface area contributed by atoms with Crippen LogP contribution in [0.4, 0.5) is 0 Å². The molecule has 122 valence electrons. The van der Waals surface area contributed by atoms with Crippen LogP contribution in [0.1, 0.15) is 61.3 Å². The van der Waals surface area contributed by atoms with E-state index < -0.39 is 5.97 Å². The van der Waals surface area contributed by atoms with Gasteiger partial charge in [0.2, 0.25) is 0 Å². The summed E-state index contributed by atoms with van der Waals surface area (Å²) in [5, 5.41) is 12.8. The Hall–Kier alpha value is -1.85. The highest BCUT2D eigenvalue weighted by atomic mass is 16.5. The van der Waals surface area contributed by atoms with E-state index in [4.69, 9.17) is 9.63 Å². The van der Waals surface area contributed by atoms with Gasteiger partial charge in [0.25, 0.3) is 5.91 Å². The fourth-order valence-corrected chi connectivity index (χ4v) is 2.83. The SMILES string of the molecule is CC(C)CN(CCC(=O)O)C(=O)c1noc2c1CCCCC2. The van der Waals surface area contributed by atoms with Gasteiger partial charge in [-0.3, -0.25) is 9.59 Å². The molecule has 0 unspecified atom stereocenters. The monoisotopic (exact) mass is 308 g/mol. The second-order valence-corrected chi connectivity index (χ2v) is 6.28. The van der Waals surface area contributed by atoms with Gasteiger partial charge >= 0.3 is 5.97 Å². The minimum absolute atomic E-state index is 0.0570. The summed E-state index contributed by atoms with van der Waals surface area (Å²) in [4.78, 5) is 25.1. The third-order valence-electron chi connectivity index (χ3n) is 3.87. The molecule has 1 N–H and O–H groups in total. The fraction of sp³-hybridized carbons (Fsp3) is 0.688. The number of aromatic nitrogens is 1. The van der Waals surface area contributed by atoms with Crippen LogP contribution >= 0.6 is 0 Å². The normalized spacial score (nSPS) is 14.5. The van der Waals surface area contributed by atoms with E-state index in [2.05, 4.69) is 5.16 Å². The van der Waals surface area contributed by atoms with Gasteiger partial charge in [0.1, 0.15) is 5.76 Å². The van der Waals surface area contributed by atoms with Gasteiger partial charge in [-0.05, 0) is 25.2 Å². The van der Waals surface area contributed by atoms with E-state index in [1.54, 1.807) is 4.90 Å². The maximum absolute atomic E-state index is 12.7. The number of hydrogen-bond donors (Lipinski definition) is 1. The molecule has 1 aliphatic carbocycles. The van der Waals surface area contributed by atoms with E-state index >= 15 is 0 Å². The molecule has 1 aliphatic rings. The smallest absolute Gasteiger partial charge is 0.305 e. The van der Waals surface area contributed by atoms with Crippen molar-refractivity contribution in [1.29, 1.82) is 0 Å². The Morgan fingerprint density at radius 1 is 1.27 bits per heavy atom. The van der Waals surface area contributed by atoms with E-state index in [-0.39, 0.29) is 24.8 Å². The molecule has 0 saturated carbocycles. The first-order chi connectivity index (χ1) is 10.5. The van der Waals surface area contributed by atoms with Crippen molar-refractivity contribution in [2.45, 2.75) is 52.4 Å². The Balaban J connectivity index is 2.18. The molecule has 0 atom stereocenters. The fourth-order valence-electron chi connectivity index (χ4n) is 2.83. The highest BCUT2D eigenvalue weighted by Crippen LogP contribution is 2.24. The van der Waals surface area contributed by atoms with E-state index in [9.17, 15) is 9.59 Å². The molecule has 22 heavy (non-hydrogen) atoms. The van der Waals surface area contributed by atoms with Crippen LogP contribution in [0.5, 0.6) is 0 Å². The van der Waals surface area contributed by atoms with Gasteiger partial charge in [-0.25, -0.2) is 0 Å². The van der Waals surface area contributed by atoms with Crippen molar-refractivity contribution in [2.24, 2.45) is 5.92 Å². The third-order valence-corrected chi connectivity index (χ3v) is 3.87. The minimum atomic E-state index is -0.902. The molecule has 0 saturated heterocycles. The summed E-state index contributed by atoms with van der Waals surface area (Å²) < 4.78 is 5.36. The molecule has 2 rings (SSSR count). The summed E-state index contributed by atoms with van der Waals surface area (Å²) in [5.41, 5.74) is 1.30. The Morgan fingerprint density at radius 2 is 2.00 bits per heavy atom. The number of aliphatic carboxylic acids is 1. The van der Waals surface area contributed by atoms with Crippen LogP contribution < -0.4 is 0 Å². The number of carbonyl (C=O) groups is 2. The molecule has 0 aromatic carbocycles. The second kappa shape index (κ2) is 7.42. The average molecular weight is 308 g/mol. The summed E-state index contributed by atoms with van der Waals surface area (Å²) in [6.07, 6.45) is 4.81. The molecule has 1 amide bonds. The predicted octanol–water partition coefficient (Wildman–Crippen LogP) is 2.52. The van der Waals surface area contributed by atoms with Crippen LogP contribution in [0.2, 0.25) is 0 Å². The quantitative estimate of drug-likeness (QED) is 0.816. The van der Waals surface area contributed by atoms with Gasteiger partial charge in [0.05, 0.1) is 6.42 Å². The zero-order valence-corrected chi connectivity index (χ0v) is 13.3. The lowest BCUT2D eigenvalue weighted by Crippen LogP contribution is -2.36. The molecule has 0 fully saturated rings. The molecular formula is C16H24N2O4. The Bertz CT molecular complexity index is 536. The number of aryl methyl sites for hydroxylation is 1. The second-order valence-electron chi connectivity index (χ2n) is 6.28. The summed E-state index contributed by atoms with van der Waals surface area (Å²) in [6, 6.07) is 0. The first-order valence-electron chi connectivity index (χ1n) is 7.97. The highest BCUT2D eigenvalue weighted by molar-refractivity contribution is 5.94. The largest absolute Gasteiger partial charge is 0.481 e. The standard InChI is InChI=1S/C16H24N2O4/c1-11(2)10-18(9-8-14(19)20)16(21)15-12-6-4-3-5-7-13(12)22-17-15/h11H,3-10H2,1-2H3,(H,19,20). The first kappa shape index (κ1) is 16.5. The number of carbonyl (C=O) groups excluding carboxylic acids is 1. The Labute approximate surface area is 130 Å². The van der Waals surface area contributed by atoms with E-state index in [0.29, 0.717) is 12.2 Å².